The van der Waals surface area contributed by atoms with Gasteiger partial charge in [0.15, 0.2) is 0 Å². The molecule has 0 aromatic heterocycles. The average Bonchev–Trinajstić information content (AvgIpc) is 2.54. The molecule has 1 unspecified atom stereocenters. The Balaban J connectivity index is 1.63. The van der Waals surface area contributed by atoms with Crippen molar-refractivity contribution in [3.63, 3.8) is 0 Å². The zero-order valence-corrected chi connectivity index (χ0v) is 12.8. The van der Waals surface area contributed by atoms with Crippen LogP contribution in [-0.2, 0) is 4.79 Å². The summed E-state index contributed by atoms with van der Waals surface area (Å²) in [5.74, 6) is 0.950. The molecule has 0 bridgehead atoms. The lowest BCUT2D eigenvalue weighted by Gasteiger charge is -2.36. The molecule has 0 aliphatic carbocycles. The number of carbonyl (C=O) groups excluding carboxylic acids is 1. The Bertz CT molecular complexity index is 497. The summed E-state index contributed by atoms with van der Waals surface area (Å²) >= 11 is 0. The van der Waals surface area contributed by atoms with Crippen molar-refractivity contribution in [2.75, 3.05) is 43.0 Å². The summed E-state index contributed by atoms with van der Waals surface area (Å²) in [6.45, 7) is 3.92. The number of hydrogen-bond donors (Lipinski definition) is 1. The summed E-state index contributed by atoms with van der Waals surface area (Å²) in [6, 6.07) is 8.21. The molecule has 114 valence electrons. The molecule has 1 aromatic rings. The van der Waals surface area contributed by atoms with E-state index < -0.39 is 0 Å². The molecular formula is C17H25N3O. The van der Waals surface area contributed by atoms with Crippen LogP contribution in [0.15, 0.2) is 24.3 Å². The highest BCUT2D eigenvalue weighted by atomic mass is 16.2. The minimum atomic E-state index is 0.279. The highest BCUT2D eigenvalue weighted by molar-refractivity contribution is 5.97. The molecule has 3 rings (SSSR count). The summed E-state index contributed by atoms with van der Waals surface area (Å²) in [5.41, 5.74) is 2.23. The number of benzene rings is 1. The Morgan fingerprint density at radius 3 is 2.86 bits per heavy atom. The second kappa shape index (κ2) is 6.48. The Hall–Kier alpha value is -1.55. The molecule has 1 atom stereocenters. The molecule has 1 saturated heterocycles. The molecule has 1 fully saturated rings. The molecular weight excluding hydrogens is 262 g/mol. The molecule has 1 aromatic carbocycles. The first-order chi connectivity index (χ1) is 10.3. The number of likely N-dealkylation sites (N-methyl/N-ethyl adjacent to an activating group) is 1. The second-order valence-electron chi connectivity index (χ2n) is 6.21. The molecule has 0 spiro atoms. The average molecular weight is 287 g/mol. The second-order valence-corrected chi connectivity index (χ2v) is 6.21. The van der Waals surface area contributed by atoms with Gasteiger partial charge in [-0.25, -0.2) is 0 Å². The quantitative estimate of drug-likeness (QED) is 0.926. The lowest BCUT2D eigenvalue weighted by Crippen LogP contribution is -2.43. The molecule has 0 radical (unpaired) electrons. The molecule has 0 saturated carbocycles. The zero-order valence-electron chi connectivity index (χ0n) is 12.8. The molecule has 21 heavy (non-hydrogen) atoms. The van der Waals surface area contributed by atoms with Crippen LogP contribution in [0, 0.1) is 5.92 Å². The van der Waals surface area contributed by atoms with Crippen LogP contribution in [0.2, 0.25) is 0 Å². The SMILES string of the molecule is CN1CCN(C(=O)CCC2CCCNC2)c2ccccc21. The maximum absolute atomic E-state index is 12.6. The highest BCUT2D eigenvalue weighted by Crippen LogP contribution is 2.32. The number of fused-ring (bicyclic) bond motifs is 1. The number of rotatable bonds is 3. The number of amides is 1. The van der Waals surface area contributed by atoms with E-state index in [1.807, 2.05) is 17.0 Å². The Morgan fingerprint density at radius 1 is 1.29 bits per heavy atom. The third-order valence-electron chi connectivity index (χ3n) is 4.71. The van der Waals surface area contributed by atoms with Gasteiger partial charge in [-0.3, -0.25) is 4.79 Å². The van der Waals surface area contributed by atoms with Gasteiger partial charge in [-0.15, -0.1) is 0 Å². The van der Waals surface area contributed by atoms with Crippen LogP contribution in [0.25, 0.3) is 0 Å². The van der Waals surface area contributed by atoms with E-state index in [9.17, 15) is 4.79 Å². The fraction of sp³-hybridized carbons (Fsp3) is 0.588. The van der Waals surface area contributed by atoms with E-state index in [1.54, 1.807) is 0 Å². The number of carbonyl (C=O) groups is 1. The fourth-order valence-corrected chi connectivity index (χ4v) is 3.40. The summed E-state index contributed by atoms with van der Waals surface area (Å²) in [4.78, 5) is 16.8. The Morgan fingerprint density at radius 2 is 2.10 bits per heavy atom. The maximum atomic E-state index is 12.6. The lowest BCUT2D eigenvalue weighted by molar-refractivity contribution is -0.118. The van der Waals surface area contributed by atoms with E-state index in [-0.39, 0.29) is 5.91 Å². The van der Waals surface area contributed by atoms with Crippen LogP contribution in [0.4, 0.5) is 11.4 Å². The predicted octanol–water partition coefficient (Wildman–Crippen LogP) is 2.25. The third kappa shape index (κ3) is 3.21. The van der Waals surface area contributed by atoms with E-state index >= 15 is 0 Å². The number of anilines is 2. The van der Waals surface area contributed by atoms with E-state index in [2.05, 4.69) is 29.4 Å². The van der Waals surface area contributed by atoms with Gasteiger partial charge in [0.05, 0.1) is 11.4 Å². The van der Waals surface area contributed by atoms with E-state index in [0.717, 1.165) is 44.0 Å². The maximum Gasteiger partial charge on any atom is 0.227 e. The van der Waals surface area contributed by atoms with Gasteiger partial charge in [0.25, 0.3) is 0 Å². The summed E-state index contributed by atoms with van der Waals surface area (Å²) in [5, 5.41) is 3.43. The first-order valence-electron chi connectivity index (χ1n) is 8.07. The van der Waals surface area contributed by atoms with Crippen LogP contribution in [0.3, 0.4) is 0 Å². The first-order valence-corrected chi connectivity index (χ1v) is 8.07. The van der Waals surface area contributed by atoms with Gasteiger partial charge in [0, 0.05) is 26.6 Å². The third-order valence-corrected chi connectivity index (χ3v) is 4.71. The Labute approximate surface area is 127 Å². The van der Waals surface area contributed by atoms with Crippen molar-refractivity contribution in [2.45, 2.75) is 25.7 Å². The predicted molar refractivity (Wildman–Crippen MR) is 86.9 cm³/mol. The molecule has 1 N–H and O–H groups in total. The van der Waals surface area contributed by atoms with Crippen molar-refractivity contribution < 1.29 is 4.79 Å². The number of nitrogens with zero attached hydrogens (tertiary/aromatic N) is 2. The van der Waals surface area contributed by atoms with E-state index in [0.29, 0.717) is 12.3 Å². The Kier molecular flexibility index (Phi) is 4.44. The smallest absolute Gasteiger partial charge is 0.227 e. The summed E-state index contributed by atoms with van der Waals surface area (Å²) < 4.78 is 0. The monoisotopic (exact) mass is 287 g/mol. The fourth-order valence-electron chi connectivity index (χ4n) is 3.40. The van der Waals surface area contributed by atoms with Crippen LogP contribution in [0.1, 0.15) is 25.7 Å². The molecule has 2 aliphatic heterocycles. The standard InChI is InChI=1S/C17H25N3O/c1-19-11-12-20(16-7-3-2-6-15(16)19)17(21)9-8-14-5-4-10-18-13-14/h2-3,6-7,14,18H,4-5,8-13H2,1H3. The van der Waals surface area contributed by atoms with E-state index in [1.165, 1.54) is 12.8 Å². The minimum Gasteiger partial charge on any atom is -0.371 e. The van der Waals surface area contributed by atoms with Gasteiger partial charge in [-0.05, 0) is 50.4 Å². The van der Waals surface area contributed by atoms with Crippen molar-refractivity contribution in [1.82, 2.24) is 5.32 Å². The lowest BCUT2D eigenvalue weighted by atomic mass is 9.94. The van der Waals surface area contributed by atoms with Gasteiger partial charge in [0.2, 0.25) is 5.91 Å². The van der Waals surface area contributed by atoms with Crippen LogP contribution >= 0.6 is 0 Å². The van der Waals surface area contributed by atoms with Crippen LogP contribution in [0.5, 0.6) is 0 Å². The van der Waals surface area contributed by atoms with Gasteiger partial charge >= 0.3 is 0 Å². The number of piperidine rings is 1. The minimum absolute atomic E-state index is 0.279. The van der Waals surface area contributed by atoms with Crippen molar-refractivity contribution in [1.29, 1.82) is 0 Å². The number of hydrogen-bond acceptors (Lipinski definition) is 3. The van der Waals surface area contributed by atoms with Crippen molar-refractivity contribution in [3.8, 4) is 0 Å². The summed E-state index contributed by atoms with van der Waals surface area (Å²) in [6.07, 6.45) is 4.19. The normalized spacial score (nSPS) is 22.0. The molecule has 4 heteroatoms. The van der Waals surface area contributed by atoms with Gasteiger partial charge < -0.3 is 15.1 Å². The van der Waals surface area contributed by atoms with E-state index in [4.69, 9.17) is 0 Å². The van der Waals surface area contributed by atoms with Crippen LogP contribution in [-0.4, -0.2) is 39.1 Å². The molecule has 4 nitrogen and oxygen atoms in total. The van der Waals surface area contributed by atoms with Gasteiger partial charge in [0.1, 0.15) is 0 Å². The molecule has 1 amide bonds. The molecule has 2 aliphatic rings. The largest absolute Gasteiger partial charge is 0.371 e. The van der Waals surface area contributed by atoms with Crippen molar-refractivity contribution >= 4 is 17.3 Å². The van der Waals surface area contributed by atoms with Gasteiger partial charge in [-0.2, -0.15) is 0 Å². The van der Waals surface area contributed by atoms with Crippen molar-refractivity contribution in [3.05, 3.63) is 24.3 Å². The zero-order chi connectivity index (χ0) is 14.7. The molecule has 2 heterocycles. The topological polar surface area (TPSA) is 35.6 Å². The number of para-hydroxylation sites is 2. The van der Waals surface area contributed by atoms with Gasteiger partial charge in [-0.1, -0.05) is 12.1 Å². The summed E-state index contributed by atoms with van der Waals surface area (Å²) in [7, 11) is 2.09. The highest BCUT2D eigenvalue weighted by Gasteiger charge is 2.25. The van der Waals surface area contributed by atoms with Crippen LogP contribution < -0.4 is 15.1 Å². The first kappa shape index (κ1) is 14.4. The van der Waals surface area contributed by atoms with Crippen molar-refractivity contribution in [2.24, 2.45) is 5.92 Å². The number of nitrogens with one attached hydrogen (secondary N) is 1.